The summed E-state index contributed by atoms with van der Waals surface area (Å²) >= 11 is 0. The van der Waals surface area contributed by atoms with Crippen molar-refractivity contribution < 1.29 is 32.9 Å². The second-order valence-corrected chi connectivity index (χ2v) is 20.6. The molecule has 0 spiro atoms. The molecule has 366 valence electrons. The molecule has 0 aliphatic heterocycles. The lowest BCUT2D eigenvalue weighted by molar-refractivity contribution is -0.870. The second-order valence-electron chi connectivity index (χ2n) is 19.2. The molecule has 1 amide bonds. The zero-order chi connectivity index (χ0) is 45.7. The number of nitrogens with one attached hydrogen (secondary N) is 1. The summed E-state index contributed by atoms with van der Waals surface area (Å²) < 4.78 is 23.3. The van der Waals surface area contributed by atoms with Crippen LogP contribution >= 0.6 is 7.82 Å². The van der Waals surface area contributed by atoms with E-state index in [1.54, 1.807) is 6.08 Å². The Kier molecular flexibility index (Phi) is 44.0. The van der Waals surface area contributed by atoms with E-state index >= 15 is 0 Å². The average Bonchev–Trinajstić information content (AvgIpc) is 3.23. The van der Waals surface area contributed by atoms with Crippen molar-refractivity contribution in [1.29, 1.82) is 0 Å². The van der Waals surface area contributed by atoms with Gasteiger partial charge in [-0.05, 0) is 44.9 Å². The predicted octanol–water partition coefficient (Wildman–Crippen LogP) is 14.8. The van der Waals surface area contributed by atoms with Crippen molar-refractivity contribution in [2.24, 2.45) is 0 Å². The van der Waals surface area contributed by atoms with Crippen molar-refractivity contribution in [3.8, 4) is 0 Å². The first-order valence-electron chi connectivity index (χ1n) is 26.4. The van der Waals surface area contributed by atoms with Gasteiger partial charge in [0.25, 0.3) is 7.82 Å². The van der Waals surface area contributed by atoms with E-state index in [2.05, 4.69) is 43.5 Å². The Morgan fingerprint density at radius 2 is 0.903 bits per heavy atom. The summed E-state index contributed by atoms with van der Waals surface area (Å²) in [5.41, 5.74) is 0. The van der Waals surface area contributed by atoms with Crippen LogP contribution < -0.4 is 10.2 Å². The van der Waals surface area contributed by atoms with Crippen molar-refractivity contribution >= 4 is 13.7 Å². The Morgan fingerprint density at radius 3 is 1.31 bits per heavy atom. The van der Waals surface area contributed by atoms with E-state index in [0.717, 1.165) is 44.9 Å². The smallest absolute Gasteiger partial charge is 0.268 e. The van der Waals surface area contributed by atoms with Crippen LogP contribution in [0.15, 0.2) is 36.5 Å². The number of phosphoric ester groups is 1. The third kappa shape index (κ3) is 46.7. The summed E-state index contributed by atoms with van der Waals surface area (Å²) in [7, 11) is 1.24. The number of quaternary nitrogens is 1. The first-order chi connectivity index (χ1) is 30.0. The van der Waals surface area contributed by atoms with Gasteiger partial charge in [0.2, 0.25) is 5.91 Å². The van der Waals surface area contributed by atoms with Crippen LogP contribution in [-0.4, -0.2) is 68.5 Å². The highest BCUT2D eigenvalue weighted by Gasteiger charge is 2.23. The fourth-order valence-corrected chi connectivity index (χ4v) is 8.38. The highest BCUT2D eigenvalue weighted by molar-refractivity contribution is 7.45. The van der Waals surface area contributed by atoms with Crippen LogP contribution in [0.25, 0.3) is 0 Å². The van der Waals surface area contributed by atoms with E-state index in [-0.39, 0.29) is 12.5 Å². The molecule has 2 N–H and O–H groups in total. The molecule has 9 heteroatoms. The number of hydrogen-bond donors (Lipinski definition) is 2. The number of rotatable bonds is 48. The Labute approximate surface area is 385 Å². The molecule has 3 atom stereocenters. The fourth-order valence-electron chi connectivity index (χ4n) is 7.66. The number of unbranched alkanes of at least 4 members (excludes halogenated alkanes) is 31. The summed E-state index contributed by atoms with van der Waals surface area (Å²) in [6, 6.07) is -0.907. The molecule has 0 bridgehead atoms. The minimum Gasteiger partial charge on any atom is -0.756 e. The van der Waals surface area contributed by atoms with Gasteiger partial charge in [0.05, 0.1) is 39.9 Å². The topological polar surface area (TPSA) is 108 Å². The van der Waals surface area contributed by atoms with Gasteiger partial charge in [-0.25, -0.2) is 0 Å². The number of hydrogen-bond acceptors (Lipinski definition) is 6. The number of aliphatic hydroxyl groups excluding tert-OH is 1. The molecule has 62 heavy (non-hydrogen) atoms. The normalized spacial score (nSPS) is 14.4. The van der Waals surface area contributed by atoms with E-state index in [1.807, 2.05) is 27.2 Å². The summed E-state index contributed by atoms with van der Waals surface area (Å²) in [6.07, 6.45) is 56.4. The zero-order valence-corrected chi connectivity index (χ0v) is 42.5. The molecule has 0 aromatic heterocycles. The van der Waals surface area contributed by atoms with Gasteiger partial charge in [0.15, 0.2) is 0 Å². The molecule has 0 rings (SSSR count). The molecule has 3 unspecified atom stereocenters. The molecule has 0 heterocycles. The van der Waals surface area contributed by atoms with Gasteiger partial charge < -0.3 is 28.8 Å². The molecule has 0 radical (unpaired) electrons. The third-order valence-electron chi connectivity index (χ3n) is 11.8. The van der Waals surface area contributed by atoms with Gasteiger partial charge in [-0.3, -0.25) is 9.36 Å². The van der Waals surface area contributed by atoms with Crippen LogP contribution in [0.2, 0.25) is 0 Å². The van der Waals surface area contributed by atoms with E-state index in [4.69, 9.17) is 9.05 Å². The number of carbonyl (C=O) groups is 1. The minimum atomic E-state index is -4.60. The minimum absolute atomic E-state index is 0.00758. The predicted molar refractivity (Wildman–Crippen MR) is 265 cm³/mol. The number of allylic oxidation sites excluding steroid dienone is 5. The highest BCUT2D eigenvalue weighted by atomic mass is 31.2. The van der Waals surface area contributed by atoms with Crippen LogP contribution in [0.5, 0.6) is 0 Å². The molecule has 0 saturated heterocycles. The standard InChI is InChI=1S/C53H103N2O6P/c1-6-8-10-12-14-16-18-20-22-24-25-26-27-28-29-30-31-32-34-36-38-40-42-44-46-52(56)51(50-61-62(58,59)60-49-48-55(3,4)5)54-53(57)47-45-43-41-39-37-35-33-23-21-19-17-15-13-11-9-7-2/h30-31,36,38,44,46,51-52,56H,6-29,32-35,37,39-43,45,47-50H2,1-5H3,(H-,54,57,58,59)/b31-30+,38-36+,46-44+. The third-order valence-corrected chi connectivity index (χ3v) is 12.8. The highest BCUT2D eigenvalue weighted by Crippen LogP contribution is 2.38. The lowest BCUT2D eigenvalue weighted by Gasteiger charge is -2.29. The second kappa shape index (κ2) is 44.9. The summed E-state index contributed by atoms with van der Waals surface area (Å²) in [5, 5.41) is 13.8. The van der Waals surface area contributed by atoms with Crippen molar-refractivity contribution in [3.63, 3.8) is 0 Å². The quantitative estimate of drug-likeness (QED) is 0.0273. The van der Waals surface area contributed by atoms with E-state index in [9.17, 15) is 19.4 Å². The monoisotopic (exact) mass is 895 g/mol. The van der Waals surface area contributed by atoms with Crippen LogP contribution in [-0.2, 0) is 18.4 Å². The van der Waals surface area contributed by atoms with Gasteiger partial charge in [-0.1, -0.05) is 230 Å². The van der Waals surface area contributed by atoms with Gasteiger partial charge in [-0.15, -0.1) is 0 Å². The Morgan fingerprint density at radius 1 is 0.548 bits per heavy atom. The van der Waals surface area contributed by atoms with Crippen LogP contribution in [0, 0.1) is 0 Å². The average molecular weight is 895 g/mol. The molecular formula is C53H103N2O6P. The molecule has 0 aromatic rings. The summed E-state index contributed by atoms with van der Waals surface area (Å²) in [5.74, 6) is -0.209. The maximum absolute atomic E-state index is 12.9. The van der Waals surface area contributed by atoms with E-state index < -0.39 is 26.6 Å². The van der Waals surface area contributed by atoms with Crippen LogP contribution in [0.1, 0.15) is 245 Å². The van der Waals surface area contributed by atoms with E-state index in [0.29, 0.717) is 17.4 Å². The Hall–Kier alpha value is -1.28. The molecule has 0 aliphatic carbocycles. The number of aliphatic hydroxyl groups is 1. The van der Waals surface area contributed by atoms with Gasteiger partial charge in [-0.2, -0.15) is 0 Å². The van der Waals surface area contributed by atoms with Crippen molar-refractivity contribution in [3.05, 3.63) is 36.5 Å². The molecular weight excluding hydrogens is 792 g/mol. The van der Waals surface area contributed by atoms with Crippen molar-refractivity contribution in [2.75, 3.05) is 40.9 Å². The molecule has 0 fully saturated rings. The number of nitrogens with zero attached hydrogens (tertiary/aromatic N) is 1. The largest absolute Gasteiger partial charge is 0.756 e. The maximum atomic E-state index is 12.9. The van der Waals surface area contributed by atoms with Crippen LogP contribution in [0.3, 0.4) is 0 Å². The van der Waals surface area contributed by atoms with Gasteiger partial charge in [0, 0.05) is 6.42 Å². The first kappa shape index (κ1) is 60.7. The Balaban J connectivity index is 4.34. The zero-order valence-electron chi connectivity index (χ0n) is 41.6. The number of carbonyl (C=O) groups excluding carboxylic acids is 1. The lowest BCUT2D eigenvalue weighted by Crippen LogP contribution is -2.45. The Bertz CT molecular complexity index is 1110. The van der Waals surface area contributed by atoms with Crippen molar-refractivity contribution in [2.45, 2.75) is 257 Å². The van der Waals surface area contributed by atoms with Crippen molar-refractivity contribution in [1.82, 2.24) is 5.32 Å². The number of likely N-dealkylation sites (N-methyl/N-ethyl adjacent to an activating group) is 1. The number of phosphoric acid groups is 1. The SMILES string of the molecule is CCCCCCCCCCCCCCCC/C=C/CC/C=C/CC/C=C/C(O)C(COP(=O)([O-])OCC[N+](C)(C)C)NC(=O)CCCCCCCCCCCCCCCCCC. The molecule has 0 saturated carbocycles. The summed E-state index contributed by atoms with van der Waals surface area (Å²) in [6.45, 7) is 4.64. The maximum Gasteiger partial charge on any atom is 0.268 e. The lowest BCUT2D eigenvalue weighted by atomic mass is 10.0. The fraction of sp³-hybridized carbons (Fsp3) is 0.868. The van der Waals surface area contributed by atoms with Gasteiger partial charge in [0.1, 0.15) is 13.2 Å². The molecule has 8 nitrogen and oxygen atoms in total. The molecule has 0 aliphatic rings. The van der Waals surface area contributed by atoms with Crippen LogP contribution in [0.4, 0.5) is 0 Å². The molecule has 0 aromatic carbocycles. The van der Waals surface area contributed by atoms with E-state index in [1.165, 1.54) is 180 Å². The number of amides is 1. The van der Waals surface area contributed by atoms with Gasteiger partial charge >= 0.3 is 0 Å². The summed E-state index contributed by atoms with van der Waals surface area (Å²) in [4.78, 5) is 25.4. The first-order valence-corrected chi connectivity index (χ1v) is 27.8.